The number of aromatic nitrogens is 1. The first-order valence-electron chi connectivity index (χ1n) is 25.8. The number of carboxylic acid groups (broad SMARTS) is 2. The Balaban J connectivity index is 1.40. The lowest BCUT2D eigenvalue weighted by Gasteiger charge is -2.32. The summed E-state index contributed by atoms with van der Waals surface area (Å²) in [6.45, 7) is 8.79. The number of carbonyl (C=O) groups is 11. The molecule has 0 aliphatic carbocycles. The molecule has 1 aliphatic heterocycles. The fraction of sp³-hybridized carbons (Fsp3) is 0.528. The second-order valence-corrected chi connectivity index (χ2v) is 19.6. The van der Waals surface area contributed by atoms with Gasteiger partial charge in [0, 0.05) is 125 Å². The fourth-order valence-electron chi connectivity index (χ4n) is 8.72. The molecule has 24 heteroatoms. The number of para-hydroxylation sites is 1. The van der Waals surface area contributed by atoms with Gasteiger partial charge in [-0.1, -0.05) is 45.9 Å². The first kappa shape index (κ1) is 62.1. The van der Waals surface area contributed by atoms with E-state index in [0.29, 0.717) is 38.2 Å². The molecule has 2 heterocycles. The highest BCUT2D eigenvalue weighted by molar-refractivity contribution is 6.00. The minimum atomic E-state index is -1.35. The number of ether oxygens (including phenoxy) is 1. The van der Waals surface area contributed by atoms with E-state index in [2.05, 4.69) is 26.3 Å². The molecule has 1 aliphatic rings. The Labute approximate surface area is 447 Å². The van der Waals surface area contributed by atoms with E-state index in [-0.39, 0.29) is 126 Å². The number of ketones is 3. The Morgan fingerprint density at radius 1 is 0.701 bits per heavy atom. The molecular weight excluding hydrogens is 1000 g/mol. The van der Waals surface area contributed by atoms with Crippen molar-refractivity contribution in [3.8, 4) is 0 Å². The van der Waals surface area contributed by atoms with Crippen LogP contribution in [0, 0.1) is 11.8 Å². The zero-order valence-electron chi connectivity index (χ0n) is 44.3. The van der Waals surface area contributed by atoms with Gasteiger partial charge in [0.15, 0.2) is 11.6 Å². The first-order valence-corrected chi connectivity index (χ1v) is 25.8. The summed E-state index contributed by atoms with van der Waals surface area (Å²) >= 11 is 0. The third kappa shape index (κ3) is 21.6. The van der Waals surface area contributed by atoms with Gasteiger partial charge in [0.1, 0.15) is 18.6 Å². The number of carboxylic acids is 2. The molecule has 0 saturated carbocycles. The van der Waals surface area contributed by atoms with E-state index in [1.165, 1.54) is 24.3 Å². The maximum absolute atomic E-state index is 14.1. The molecule has 5 amide bonds. The molecule has 1 aromatic heterocycles. The number of aromatic amines is 1. The predicted molar refractivity (Wildman–Crippen MR) is 282 cm³/mol. The zero-order chi connectivity index (χ0) is 56.6. The number of anilines is 1. The lowest BCUT2D eigenvalue weighted by molar-refractivity contribution is -0.139. The number of rotatable bonds is 30. The highest BCUT2D eigenvalue weighted by Crippen LogP contribution is 2.21. The topological polar surface area (TPSA) is 340 Å². The average Bonchev–Trinajstić information content (AvgIpc) is 3.80. The molecule has 0 unspecified atom stereocenters. The minimum absolute atomic E-state index is 0.00853. The van der Waals surface area contributed by atoms with Crippen molar-refractivity contribution in [2.24, 2.45) is 17.6 Å². The third-order valence-electron chi connectivity index (χ3n) is 13.2. The summed E-state index contributed by atoms with van der Waals surface area (Å²) in [4.78, 5) is 150. The van der Waals surface area contributed by atoms with E-state index in [1.54, 1.807) is 39.6 Å². The van der Waals surface area contributed by atoms with Gasteiger partial charge in [-0.05, 0) is 48.2 Å². The molecule has 2 aromatic carbocycles. The minimum Gasteiger partial charge on any atom is -0.480 e. The van der Waals surface area contributed by atoms with Crippen LogP contribution in [0.5, 0.6) is 0 Å². The number of primary amides is 1. The van der Waals surface area contributed by atoms with E-state index in [1.807, 2.05) is 38.1 Å². The summed E-state index contributed by atoms with van der Waals surface area (Å²) in [5.74, 6) is -7.36. The lowest BCUT2D eigenvalue weighted by Crippen LogP contribution is -2.53. The smallest absolute Gasteiger partial charge is 0.317 e. The largest absolute Gasteiger partial charge is 0.480 e. The van der Waals surface area contributed by atoms with Gasteiger partial charge in [0.25, 0.3) is 12.4 Å². The van der Waals surface area contributed by atoms with Crippen LogP contribution < -0.4 is 27.0 Å². The van der Waals surface area contributed by atoms with Crippen molar-refractivity contribution in [1.82, 2.24) is 40.5 Å². The van der Waals surface area contributed by atoms with Crippen LogP contribution in [-0.4, -0.2) is 197 Å². The molecule has 4 atom stereocenters. The van der Waals surface area contributed by atoms with Crippen LogP contribution in [0.2, 0.25) is 0 Å². The van der Waals surface area contributed by atoms with E-state index in [0.717, 1.165) is 10.9 Å². The summed E-state index contributed by atoms with van der Waals surface area (Å²) in [5.41, 5.74) is 7.29. The molecule has 9 N–H and O–H groups in total. The molecule has 24 nitrogen and oxygen atoms in total. The molecule has 0 radical (unpaired) electrons. The van der Waals surface area contributed by atoms with Crippen molar-refractivity contribution in [2.45, 2.75) is 90.8 Å². The summed E-state index contributed by atoms with van der Waals surface area (Å²) in [7, 11) is 0. The second kappa shape index (κ2) is 31.6. The van der Waals surface area contributed by atoms with Crippen molar-refractivity contribution in [3.05, 3.63) is 65.9 Å². The van der Waals surface area contributed by atoms with Crippen LogP contribution in [0.1, 0.15) is 82.1 Å². The van der Waals surface area contributed by atoms with Gasteiger partial charge in [-0.15, -0.1) is 0 Å². The summed E-state index contributed by atoms with van der Waals surface area (Å²) in [6.07, 6.45) is 0.771. The average molecular weight is 1080 g/mol. The molecule has 420 valence electrons. The quantitative estimate of drug-likeness (QED) is 0.0428. The van der Waals surface area contributed by atoms with Crippen LogP contribution in [0.25, 0.3) is 10.9 Å². The maximum Gasteiger partial charge on any atom is 0.317 e. The van der Waals surface area contributed by atoms with Crippen LogP contribution in [-0.2, 0) is 59.1 Å². The van der Waals surface area contributed by atoms with E-state index < -0.39 is 71.3 Å². The van der Waals surface area contributed by atoms with Crippen molar-refractivity contribution in [3.63, 3.8) is 0 Å². The number of fused-ring (bicyclic) bond motifs is 1. The highest BCUT2D eigenvalue weighted by atomic mass is 16.5. The van der Waals surface area contributed by atoms with Crippen LogP contribution in [0.3, 0.4) is 0 Å². The summed E-state index contributed by atoms with van der Waals surface area (Å²) in [6, 6.07) is 9.74. The van der Waals surface area contributed by atoms with Gasteiger partial charge in [0.05, 0.1) is 31.7 Å². The number of nitrogens with zero attached hydrogens (tertiary/aromatic N) is 4. The number of amides is 5. The number of H-pyrrole nitrogens is 1. The molecule has 77 heavy (non-hydrogen) atoms. The molecular formula is C53H74N10O14. The Morgan fingerprint density at radius 3 is 1.84 bits per heavy atom. The lowest BCUT2D eigenvalue weighted by atomic mass is 9.93. The molecule has 3 aromatic rings. The van der Waals surface area contributed by atoms with Gasteiger partial charge in [-0.25, -0.2) is 0 Å². The fourth-order valence-corrected chi connectivity index (χ4v) is 8.72. The Kier molecular flexibility index (Phi) is 25.5. The molecule has 4 rings (SSSR count). The number of benzene rings is 2. The molecule has 1 saturated heterocycles. The van der Waals surface area contributed by atoms with Crippen molar-refractivity contribution in [2.75, 3.05) is 84.0 Å². The van der Waals surface area contributed by atoms with Gasteiger partial charge in [-0.2, -0.15) is 0 Å². The number of nitrogens with one attached hydrogen (secondary N) is 5. The number of carbonyl (C=O) groups excluding carboxylic acids is 9. The number of hydrogen-bond acceptors (Lipinski definition) is 16. The van der Waals surface area contributed by atoms with Crippen molar-refractivity contribution < 1.29 is 67.7 Å². The molecule has 0 bridgehead atoms. The highest BCUT2D eigenvalue weighted by Gasteiger charge is 2.32. The standard InChI is InChI=1S/C53H74N10O14/c1-5-44(66)50(34(2)3)59-51(74)35(4)26-45(67)43(27-37-28-55-41-9-7-6-8-40(37)41)58-53(76)42(15-16-46(54)68)57-52(75)36-10-12-38(13-11-36)56-47(69)17-14-39(65)29-60-18-20-61(30-48(70)71)22-24-63(32-77-33-64)25-23-62(21-19-60)31-49(72)73/h6-13,28,33-35,42-43,50,55H,5,14-27,29-32H2,1-4H3,(H2,54,68)(H,56,69)(H,57,75)(H,58,76)(H,59,74)(H,70,71)(H,72,73)/t35-,42+,43+,50+/m1/s1. The third-order valence-corrected chi connectivity index (χ3v) is 13.2. The Hall–Kier alpha value is -7.41. The number of hydrogen-bond donors (Lipinski definition) is 8. The van der Waals surface area contributed by atoms with E-state index in [9.17, 15) is 63.0 Å². The second-order valence-electron chi connectivity index (χ2n) is 19.6. The van der Waals surface area contributed by atoms with Crippen LogP contribution in [0.15, 0.2) is 54.7 Å². The van der Waals surface area contributed by atoms with Gasteiger partial charge >= 0.3 is 11.9 Å². The number of Topliss-reactive ketones (excluding diaryl/α,β-unsaturated/α-hetero) is 3. The Morgan fingerprint density at radius 2 is 1.29 bits per heavy atom. The van der Waals surface area contributed by atoms with E-state index in [4.69, 9.17) is 10.5 Å². The van der Waals surface area contributed by atoms with Crippen molar-refractivity contribution in [1.29, 1.82) is 0 Å². The monoisotopic (exact) mass is 1070 g/mol. The molecule has 1 fully saturated rings. The maximum atomic E-state index is 14.1. The Bertz CT molecular complexity index is 2500. The normalized spacial score (nSPS) is 15.9. The van der Waals surface area contributed by atoms with Crippen molar-refractivity contribution >= 4 is 81.9 Å². The first-order chi connectivity index (χ1) is 36.6. The zero-order valence-corrected chi connectivity index (χ0v) is 44.3. The van der Waals surface area contributed by atoms with E-state index >= 15 is 0 Å². The van der Waals surface area contributed by atoms with Crippen LogP contribution in [0.4, 0.5) is 5.69 Å². The van der Waals surface area contributed by atoms with Gasteiger partial charge in [-0.3, -0.25) is 72.3 Å². The van der Waals surface area contributed by atoms with Gasteiger partial charge < -0.3 is 46.9 Å². The SMILES string of the molecule is CCC(=O)[C@@H](NC(=O)[C@H](C)CC(=O)[C@H](Cc1c[nH]c2ccccc12)NC(=O)[C@H](CCC(N)=O)NC(=O)c1ccc(NC(=O)CCC(=O)CN2CCN(CC(=O)O)CCN(COC=O)CCN(CC(=O)O)CC2)cc1)C(C)C. The predicted octanol–water partition coefficient (Wildman–Crippen LogP) is 0.784. The molecule has 0 spiro atoms. The number of aliphatic carboxylic acids is 2. The summed E-state index contributed by atoms with van der Waals surface area (Å²) in [5, 5.41) is 30.7. The van der Waals surface area contributed by atoms with Gasteiger partial charge in [0.2, 0.25) is 23.6 Å². The summed E-state index contributed by atoms with van der Waals surface area (Å²) < 4.78 is 4.91. The van der Waals surface area contributed by atoms with Crippen LogP contribution >= 0.6 is 0 Å². The number of nitrogens with two attached hydrogens (primary N) is 1.